The Morgan fingerprint density at radius 1 is 1.18 bits per heavy atom. The number of hydrogen-bond acceptors (Lipinski definition) is 9. The number of fused-ring (bicyclic) bond motifs is 1. The Kier molecular flexibility index (Phi) is 5.52. The highest BCUT2D eigenvalue weighted by Gasteiger charge is 2.24. The molecule has 5 rings (SSSR count). The molecule has 1 aliphatic heterocycles. The molecule has 0 unspecified atom stereocenters. The number of aromatic nitrogens is 7. The van der Waals surface area contributed by atoms with E-state index in [1.54, 1.807) is 21.6 Å². The van der Waals surface area contributed by atoms with Crippen molar-refractivity contribution in [3.8, 4) is 29.4 Å². The SMILES string of the molecule is Cc1c(-c2cc(O[C@H](C)c3ccncn3)n3c(C#N)cnc3c2)nnn1C1CCN(C#N)CC1. The van der Waals surface area contributed by atoms with Gasteiger partial charge in [0.1, 0.15) is 35.5 Å². The molecule has 1 atom stereocenters. The summed E-state index contributed by atoms with van der Waals surface area (Å²) >= 11 is 0. The molecule has 1 fully saturated rings. The second kappa shape index (κ2) is 8.79. The Labute approximate surface area is 195 Å². The smallest absolute Gasteiger partial charge is 0.201 e. The van der Waals surface area contributed by atoms with Gasteiger partial charge in [0.15, 0.2) is 6.19 Å². The van der Waals surface area contributed by atoms with E-state index in [0.29, 0.717) is 30.3 Å². The summed E-state index contributed by atoms with van der Waals surface area (Å²) in [7, 11) is 0. The van der Waals surface area contributed by atoms with Gasteiger partial charge in [0.2, 0.25) is 5.88 Å². The van der Waals surface area contributed by atoms with Crippen LogP contribution in [-0.4, -0.2) is 52.3 Å². The van der Waals surface area contributed by atoms with Gasteiger partial charge in [-0.2, -0.15) is 10.5 Å². The fourth-order valence-electron chi connectivity index (χ4n) is 4.33. The zero-order chi connectivity index (χ0) is 23.7. The standard InChI is InChI=1S/C23H22N10O/c1-15-23(29-30-33(15)18-4-7-31(13-25)8-5-18)17-9-21-27-12-19(11-24)32(21)22(10-17)34-16(2)20-3-6-26-14-28-20/h3,6,9-10,12,14,16,18H,4-5,7-8H2,1-2H3/t16-/m1/s1. The largest absolute Gasteiger partial charge is 0.469 e. The van der Waals surface area contributed by atoms with E-state index in [-0.39, 0.29) is 12.1 Å². The molecular formula is C23H22N10O. The van der Waals surface area contributed by atoms with Crippen molar-refractivity contribution in [2.24, 2.45) is 0 Å². The maximum Gasteiger partial charge on any atom is 0.201 e. The first-order valence-corrected chi connectivity index (χ1v) is 11.0. The molecule has 1 aliphatic rings. The number of ether oxygens (including phenoxy) is 1. The number of likely N-dealkylation sites (tertiary alicyclic amines) is 1. The average Bonchev–Trinajstić information content (AvgIpc) is 3.48. The summed E-state index contributed by atoms with van der Waals surface area (Å²) in [5.74, 6) is 0.462. The molecule has 4 aromatic heterocycles. The molecule has 170 valence electrons. The molecule has 0 aliphatic carbocycles. The van der Waals surface area contributed by atoms with E-state index in [0.717, 1.165) is 35.5 Å². The predicted molar refractivity (Wildman–Crippen MR) is 120 cm³/mol. The van der Waals surface area contributed by atoms with Crippen LogP contribution in [0.4, 0.5) is 0 Å². The number of nitrogens with zero attached hydrogens (tertiary/aromatic N) is 10. The summed E-state index contributed by atoms with van der Waals surface area (Å²) in [6.45, 7) is 5.31. The van der Waals surface area contributed by atoms with Crippen molar-refractivity contribution in [2.45, 2.75) is 38.8 Å². The molecule has 11 heteroatoms. The maximum atomic E-state index is 9.58. The first-order valence-electron chi connectivity index (χ1n) is 11.0. The lowest BCUT2D eigenvalue weighted by molar-refractivity contribution is 0.209. The zero-order valence-corrected chi connectivity index (χ0v) is 18.8. The van der Waals surface area contributed by atoms with E-state index in [1.165, 1.54) is 12.5 Å². The van der Waals surface area contributed by atoms with E-state index in [1.807, 2.05) is 30.7 Å². The van der Waals surface area contributed by atoms with Crippen LogP contribution in [0.25, 0.3) is 16.9 Å². The number of pyridine rings is 1. The maximum absolute atomic E-state index is 9.58. The van der Waals surface area contributed by atoms with E-state index >= 15 is 0 Å². The van der Waals surface area contributed by atoms with Gasteiger partial charge in [-0.3, -0.25) is 4.40 Å². The lowest BCUT2D eigenvalue weighted by Gasteiger charge is -2.28. The van der Waals surface area contributed by atoms with Crippen molar-refractivity contribution in [3.63, 3.8) is 0 Å². The molecule has 0 N–H and O–H groups in total. The van der Waals surface area contributed by atoms with Gasteiger partial charge in [-0.25, -0.2) is 19.6 Å². The van der Waals surface area contributed by atoms with Crippen LogP contribution in [0.3, 0.4) is 0 Å². The normalized spacial score (nSPS) is 15.1. The van der Waals surface area contributed by atoms with Gasteiger partial charge in [0.25, 0.3) is 0 Å². The first-order chi connectivity index (χ1) is 16.6. The Morgan fingerprint density at radius 2 is 2.00 bits per heavy atom. The van der Waals surface area contributed by atoms with Gasteiger partial charge in [-0.05, 0) is 38.8 Å². The van der Waals surface area contributed by atoms with Gasteiger partial charge >= 0.3 is 0 Å². The van der Waals surface area contributed by atoms with E-state index < -0.39 is 0 Å². The summed E-state index contributed by atoms with van der Waals surface area (Å²) < 4.78 is 9.88. The molecule has 34 heavy (non-hydrogen) atoms. The monoisotopic (exact) mass is 454 g/mol. The fourth-order valence-corrected chi connectivity index (χ4v) is 4.33. The minimum atomic E-state index is -0.377. The minimum Gasteiger partial charge on any atom is -0.469 e. The third-order valence-electron chi connectivity index (χ3n) is 6.16. The molecule has 11 nitrogen and oxygen atoms in total. The van der Waals surface area contributed by atoms with Crippen LogP contribution in [-0.2, 0) is 0 Å². The third-order valence-corrected chi connectivity index (χ3v) is 6.16. The topological polar surface area (TPSA) is 134 Å². The van der Waals surface area contributed by atoms with Crippen molar-refractivity contribution in [3.05, 3.63) is 54.0 Å². The number of nitriles is 2. The predicted octanol–water partition coefficient (Wildman–Crippen LogP) is 2.82. The molecule has 0 saturated carbocycles. The van der Waals surface area contributed by atoms with E-state index in [2.05, 4.69) is 37.5 Å². The van der Waals surface area contributed by atoms with Crippen molar-refractivity contribution < 1.29 is 4.74 Å². The Morgan fingerprint density at radius 3 is 2.71 bits per heavy atom. The number of rotatable bonds is 5. The summed E-state index contributed by atoms with van der Waals surface area (Å²) in [5.41, 5.74) is 4.13. The summed E-state index contributed by atoms with van der Waals surface area (Å²) in [6, 6.07) is 7.88. The van der Waals surface area contributed by atoms with Crippen LogP contribution >= 0.6 is 0 Å². The van der Waals surface area contributed by atoms with Crippen LogP contribution in [0.2, 0.25) is 0 Å². The van der Waals surface area contributed by atoms with Crippen LogP contribution in [0.1, 0.15) is 49.0 Å². The second-order valence-corrected chi connectivity index (χ2v) is 8.21. The van der Waals surface area contributed by atoms with Crippen LogP contribution in [0.5, 0.6) is 5.88 Å². The van der Waals surface area contributed by atoms with Crippen LogP contribution < -0.4 is 4.74 Å². The second-order valence-electron chi connectivity index (χ2n) is 8.21. The number of imidazole rings is 1. The number of hydrogen-bond donors (Lipinski definition) is 0. The van der Waals surface area contributed by atoms with Crippen LogP contribution in [0.15, 0.2) is 36.9 Å². The average molecular weight is 454 g/mol. The van der Waals surface area contributed by atoms with Gasteiger partial charge in [0, 0.05) is 30.9 Å². The molecule has 0 bridgehead atoms. The zero-order valence-electron chi connectivity index (χ0n) is 18.8. The summed E-state index contributed by atoms with van der Waals surface area (Å²) in [6.07, 6.45) is 8.17. The lowest BCUT2D eigenvalue weighted by atomic mass is 10.0. The molecule has 1 saturated heterocycles. The highest BCUT2D eigenvalue weighted by Crippen LogP contribution is 2.32. The van der Waals surface area contributed by atoms with Gasteiger partial charge < -0.3 is 9.64 Å². The van der Waals surface area contributed by atoms with Crippen molar-refractivity contribution >= 4 is 5.65 Å². The highest BCUT2D eigenvalue weighted by molar-refractivity contribution is 5.68. The molecule has 5 heterocycles. The molecule has 0 amide bonds. The van der Waals surface area contributed by atoms with Crippen molar-refractivity contribution in [1.29, 1.82) is 10.5 Å². The highest BCUT2D eigenvalue weighted by atomic mass is 16.5. The van der Waals surface area contributed by atoms with Crippen molar-refractivity contribution in [2.75, 3.05) is 13.1 Å². The molecule has 0 aromatic carbocycles. The van der Waals surface area contributed by atoms with Crippen LogP contribution in [0, 0.1) is 29.7 Å². The van der Waals surface area contributed by atoms with Gasteiger partial charge in [0.05, 0.1) is 23.6 Å². The molecule has 4 aromatic rings. The minimum absolute atomic E-state index is 0.194. The summed E-state index contributed by atoms with van der Waals surface area (Å²) in [5, 5.41) is 27.6. The molecular weight excluding hydrogens is 432 g/mol. The quantitative estimate of drug-likeness (QED) is 0.417. The lowest BCUT2D eigenvalue weighted by Crippen LogP contribution is -2.31. The Bertz CT molecular complexity index is 1400. The Hall–Kier alpha value is -4.51. The first kappa shape index (κ1) is 21.3. The van der Waals surface area contributed by atoms with Gasteiger partial charge in [-0.1, -0.05) is 5.21 Å². The third kappa shape index (κ3) is 3.77. The van der Waals surface area contributed by atoms with E-state index in [9.17, 15) is 5.26 Å². The molecule has 0 radical (unpaired) electrons. The van der Waals surface area contributed by atoms with Gasteiger partial charge in [-0.15, -0.1) is 5.10 Å². The summed E-state index contributed by atoms with van der Waals surface area (Å²) in [4.78, 5) is 14.4. The molecule has 0 spiro atoms. The van der Waals surface area contributed by atoms with Crippen molar-refractivity contribution in [1.82, 2.24) is 39.2 Å². The fraction of sp³-hybridized carbons (Fsp3) is 0.348. The Balaban J connectivity index is 1.52. The number of piperidine rings is 1. The van der Waals surface area contributed by atoms with E-state index in [4.69, 9.17) is 10.00 Å².